The van der Waals surface area contributed by atoms with Crippen molar-refractivity contribution in [2.24, 2.45) is 5.92 Å². The Kier molecular flexibility index (Phi) is 13.9. The largest absolute Gasteiger partial charge is 0.493 e. The Hall–Kier alpha value is -4.15. The van der Waals surface area contributed by atoms with Gasteiger partial charge in [-0.15, -0.1) is 0 Å². The first-order valence-electron chi connectivity index (χ1n) is 16.5. The van der Waals surface area contributed by atoms with Crippen molar-refractivity contribution in [3.63, 3.8) is 0 Å². The summed E-state index contributed by atoms with van der Waals surface area (Å²) in [7, 11) is 3.09. The van der Waals surface area contributed by atoms with Crippen LogP contribution in [0.4, 0.5) is 0 Å². The quantitative estimate of drug-likeness (QED) is 0.154. The number of hydrogen-bond donors (Lipinski definition) is 0. The second-order valence-corrected chi connectivity index (χ2v) is 11.4. The van der Waals surface area contributed by atoms with Crippen LogP contribution < -0.4 is 18.9 Å². The van der Waals surface area contributed by atoms with E-state index in [1.165, 1.54) is 12.2 Å². The molecule has 47 heavy (non-hydrogen) atoms. The van der Waals surface area contributed by atoms with E-state index in [0.29, 0.717) is 60.4 Å². The van der Waals surface area contributed by atoms with Crippen LogP contribution in [0.2, 0.25) is 0 Å². The van der Waals surface area contributed by atoms with Gasteiger partial charge in [0.15, 0.2) is 47.1 Å². The minimum atomic E-state index is -1.18. The van der Waals surface area contributed by atoms with E-state index in [4.69, 9.17) is 28.4 Å². The Morgan fingerprint density at radius 2 is 1.21 bits per heavy atom. The number of benzene rings is 2. The molecule has 2 aromatic rings. The molecule has 0 aromatic heterocycles. The minimum Gasteiger partial charge on any atom is -0.493 e. The van der Waals surface area contributed by atoms with Crippen LogP contribution in [0.25, 0.3) is 12.2 Å². The number of ether oxygens (including phenoxy) is 6. The van der Waals surface area contributed by atoms with Crippen molar-refractivity contribution in [2.45, 2.75) is 71.4 Å². The van der Waals surface area contributed by atoms with Gasteiger partial charge in [0, 0.05) is 32.4 Å². The summed E-state index contributed by atoms with van der Waals surface area (Å²) in [5.74, 6) is -0.291. The Morgan fingerprint density at radius 1 is 0.745 bits per heavy atom. The van der Waals surface area contributed by atoms with Crippen LogP contribution in [0.1, 0.15) is 69.9 Å². The maximum Gasteiger partial charge on any atom is 0.223 e. The van der Waals surface area contributed by atoms with E-state index in [0.717, 1.165) is 38.5 Å². The Labute approximate surface area is 277 Å². The van der Waals surface area contributed by atoms with Crippen molar-refractivity contribution in [3.8, 4) is 23.0 Å². The summed E-state index contributed by atoms with van der Waals surface area (Å²) in [5.41, 5.74) is 1.36. The van der Waals surface area contributed by atoms with Crippen LogP contribution in [0.5, 0.6) is 23.0 Å². The lowest BCUT2D eigenvalue weighted by atomic mass is 9.92. The zero-order chi connectivity index (χ0) is 33.6. The predicted molar refractivity (Wildman–Crippen MR) is 179 cm³/mol. The van der Waals surface area contributed by atoms with Gasteiger partial charge in [-0.05, 0) is 87.1 Å². The molecule has 0 N–H and O–H groups in total. The predicted octanol–water partition coefficient (Wildman–Crippen LogP) is 6.25. The summed E-state index contributed by atoms with van der Waals surface area (Å²) in [6, 6.07) is 10.6. The second kappa shape index (κ2) is 18.3. The van der Waals surface area contributed by atoms with Crippen LogP contribution >= 0.6 is 0 Å². The van der Waals surface area contributed by atoms with Gasteiger partial charge in [0.2, 0.25) is 5.91 Å². The fraction of sp³-hybridized carbons (Fsp3) is 0.486. The minimum absolute atomic E-state index is 0.233. The molecule has 0 bridgehead atoms. The molecular weight excluding hydrogens is 602 g/mol. The molecule has 2 aliphatic heterocycles. The third-order valence-corrected chi connectivity index (χ3v) is 8.23. The standard InChI is InChI=1S/C37H47NO9/c1-5-38(6-2)35(41)25-28(29(39)17-13-26-15-19-31(33(23-26)42-3)46-36-11-7-9-21-44-36)30(40)18-14-27-16-20-32(34(24-27)43-4)47-37-12-8-10-22-45-37/h13-20,23-24,28,36-37H,5-12,21-22,25H2,1-4H3/b17-13+,18-14+. The highest BCUT2D eigenvalue weighted by Crippen LogP contribution is 2.32. The Balaban J connectivity index is 1.49. The number of carbonyl (C=O) groups excluding carboxylic acids is 3. The number of allylic oxidation sites excluding steroid dienone is 2. The molecule has 4 rings (SSSR count). The first kappa shape index (κ1) is 35.7. The Bertz CT molecular complexity index is 1310. The number of rotatable bonds is 16. The first-order chi connectivity index (χ1) is 22.8. The molecule has 2 unspecified atom stereocenters. The molecule has 0 saturated carbocycles. The van der Waals surface area contributed by atoms with E-state index in [1.54, 1.807) is 67.7 Å². The third-order valence-electron chi connectivity index (χ3n) is 8.23. The highest BCUT2D eigenvalue weighted by molar-refractivity contribution is 6.15. The van der Waals surface area contributed by atoms with Crippen LogP contribution in [0.15, 0.2) is 48.6 Å². The van der Waals surface area contributed by atoms with E-state index in [2.05, 4.69) is 0 Å². The maximum atomic E-state index is 13.5. The number of hydrogen-bond acceptors (Lipinski definition) is 9. The summed E-state index contributed by atoms with van der Waals surface area (Å²) < 4.78 is 34.4. The lowest BCUT2D eigenvalue weighted by Crippen LogP contribution is -2.35. The summed E-state index contributed by atoms with van der Waals surface area (Å²) in [6.45, 7) is 6.01. The highest BCUT2D eigenvalue weighted by atomic mass is 16.7. The molecule has 2 atom stereocenters. The zero-order valence-corrected chi connectivity index (χ0v) is 27.9. The van der Waals surface area contributed by atoms with E-state index in [9.17, 15) is 14.4 Å². The summed E-state index contributed by atoms with van der Waals surface area (Å²) in [6.07, 6.45) is 10.7. The number of amides is 1. The fourth-order valence-electron chi connectivity index (χ4n) is 5.47. The molecule has 2 aromatic carbocycles. The molecule has 10 heteroatoms. The SMILES string of the molecule is CCN(CC)C(=O)CC(C(=O)/C=C/c1ccc(OC2CCCCO2)c(OC)c1)C(=O)/C=C/c1ccc(OC2CCCCO2)c(OC)c1. The molecular formula is C37H47NO9. The van der Waals surface area contributed by atoms with E-state index < -0.39 is 17.5 Å². The van der Waals surface area contributed by atoms with Gasteiger partial charge in [-0.1, -0.05) is 24.3 Å². The average molecular weight is 650 g/mol. The van der Waals surface area contributed by atoms with Crippen molar-refractivity contribution >= 4 is 29.6 Å². The van der Waals surface area contributed by atoms with Crippen molar-refractivity contribution < 1.29 is 42.8 Å². The van der Waals surface area contributed by atoms with Crippen LogP contribution in [-0.2, 0) is 23.9 Å². The van der Waals surface area contributed by atoms with Gasteiger partial charge < -0.3 is 33.3 Å². The van der Waals surface area contributed by atoms with Crippen LogP contribution in [0, 0.1) is 5.92 Å². The van der Waals surface area contributed by atoms with Gasteiger partial charge in [-0.3, -0.25) is 14.4 Å². The molecule has 1 amide bonds. The van der Waals surface area contributed by atoms with Crippen molar-refractivity contribution in [3.05, 3.63) is 59.7 Å². The molecule has 0 aliphatic carbocycles. The van der Waals surface area contributed by atoms with Crippen LogP contribution in [-0.4, -0.2) is 75.5 Å². The molecule has 2 aliphatic rings. The van der Waals surface area contributed by atoms with E-state index in [-0.39, 0.29) is 24.9 Å². The monoisotopic (exact) mass is 649 g/mol. The number of nitrogens with zero attached hydrogens (tertiary/aromatic N) is 1. The normalized spacial score (nSPS) is 18.9. The summed E-state index contributed by atoms with van der Waals surface area (Å²) in [5, 5.41) is 0. The lowest BCUT2D eigenvalue weighted by Gasteiger charge is -2.24. The number of methoxy groups -OCH3 is 2. The lowest BCUT2D eigenvalue weighted by molar-refractivity contribution is -0.137. The van der Waals surface area contributed by atoms with E-state index >= 15 is 0 Å². The molecule has 0 spiro atoms. The smallest absolute Gasteiger partial charge is 0.223 e. The van der Waals surface area contributed by atoms with Crippen molar-refractivity contribution in [1.82, 2.24) is 4.90 Å². The molecule has 0 radical (unpaired) electrons. The van der Waals surface area contributed by atoms with Crippen molar-refractivity contribution in [2.75, 3.05) is 40.5 Å². The second-order valence-electron chi connectivity index (χ2n) is 11.4. The van der Waals surface area contributed by atoms with Gasteiger partial charge in [0.1, 0.15) is 0 Å². The molecule has 2 fully saturated rings. The molecule has 254 valence electrons. The van der Waals surface area contributed by atoms with Gasteiger partial charge in [-0.2, -0.15) is 0 Å². The average Bonchev–Trinajstić information content (AvgIpc) is 3.10. The molecule has 2 saturated heterocycles. The summed E-state index contributed by atoms with van der Waals surface area (Å²) >= 11 is 0. The topological polar surface area (TPSA) is 110 Å². The summed E-state index contributed by atoms with van der Waals surface area (Å²) in [4.78, 5) is 41.6. The molecule has 2 heterocycles. The Morgan fingerprint density at radius 3 is 1.60 bits per heavy atom. The van der Waals surface area contributed by atoms with Gasteiger partial charge in [-0.25, -0.2) is 0 Å². The van der Waals surface area contributed by atoms with Gasteiger partial charge >= 0.3 is 0 Å². The van der Waals surface area contributed by atoms with Gasteiger partial charge in [0.05, 0.1) is 33.4 Å². The number of carbonyl (C=O) groups is 3. The van der Waals surface area contributed by atoms with Gasteiger partial charge in [0.25, 0.3) is 0 Å². The number of ketones is 2. The maximum absolute atomic E-state index is 13.5. The fourth-order valence-corrected chi connectivity index (χ4v) is 5.47. The highest BCUT2D eigenvalue weighted by Gasteiger charge is 2.28. The van der Waals surface area contributed by atoms with Crippen LogP contribution in [0.3, 0.4) is 0 Å². The molecule has 10 nitrogen and oxygen atoms in total. The first-order valence-corrected chi connectivity index (χ1v) is 16.5. The van der Waals surface area contributed by atoms with E-state index in [1.807, 2.05) is 13.8 Å². The zero-order valence-electron chi connectivity index (χ0n) is 27.9. The third kappa shape index (κ3) is 10.4. The van der Waals surface area contributed by atoms with Crippen molar-refractivity contribution in [1.29, 1.82) is 0 Å².